The lowest BCUT2D eigenvalue weighted by atomic mass is 9.75. The van der Waals surface area contributed by atoms with Gasteiger partial charge in [-0.15, -0.1) is 0 Å². The highest BCUT2D eigenvalue weighted by Crippen LogP contribution is 2.40. The third-order valence-electron chi connectivity index (χ3n) is 5.57. The molecule has 188 valence electrons. The number of esters is 2. The van der Waals surface area contributed by atoms with Crippen LogP contribution in [0.25, 0.3) is 0 Å². The number of nitro benzene ring substituents is 1. The summed E-state index contributed by atoms with van der Waals surface area (Å²) >= 11 is 0. The van der Waals surface area contributed by atoms with Crippen LogP contribution in [0, 0.1) is 16.0 Å². The van der Waals surface area contributed by atoms with E-state index < -0.39 is 28.7 Å². The third kappa shape index (κ3) is 5.98. The largest absolute Gasteiger partial charge is 0.465 e. The first-order valence-electron chi connectivity index (χ1n) is 11.3. The molecule has 0 saturated carbocycles. The maximum absolute atomic E-state index is 13.2. The molecule has 0 saturated heterocycles. The monoisotopic (exact) mass is 494 g/mol. The number of benzene rings is 1. The molecule has 0 radical (unpaired) electrons. The van der Waals surface area contributed by atoms with E-state index in [9.17, 15) is 24.5 Å². The van der Waals surface area contributed by atoms with Gasteiger partial charge in [0, 0.05) is 41.9 Å². The molecule has 1 aliphatic rings. The highest BCUT2D eigenvalue weighted by Gasteiger charge is 2.42. The van der Waals surface area contributed by atoms with Crippen LogP contribution in [0.4, 0.5) is 5.69 Å². The standard InChI is InChI=1S/C25H26N4O7/c1-4-35-24(31)20-15(2)28-16(3)21(22(20)17-7-5-9-19(13-17)29(33)34)25(32)36-12-11-27-23(30)18-8-6-10-26-14-18/h5-10,13-14,20,22H,4,11-12H2,1-3H3,(H,27,30). The number of nitro groups is 1. The van der Waals surface area contributed by atoms with Crippen molar-refractivity contribution in [2.75, 3.05) is 19.8 Å². The summed E-state index contributed by atoms with van der Waals surface area (Å²) in [4.78, 5) is 57.3. The van der Waals surface area contributed by atoms with Gasteiger partial charge in [-0.1, -0.05) is 12.1 Å². The molecule has 2 unspecified atom stereocenters. The second-order valence-electron chi connectivity index (χ2n) is 7.95. The van der Waals surface area contributed by atoms with Gasteiger partial charge < -0.3 is 14.8 Å². The number of hydrogen-bond donors (Lipinski definition) is 1. The van der Waals surface area contributed by atoms with E-state index in [-0.39, 0.29) is 36.9 Å². The Balaban J connectivity index is 1.85. The van der Waals surface area contributed by atoms with E-state index in [0.717, 1.165) is 0 Å². The van der Waals surface area contributed by atoms with Gasteiger partial charge in [0.15, 0.2) is 0 Å². The molecule has 2 atom stereocenters. The second-order valence-corrected chi connectivity index (χ2v) is 7.95. The Morgan fingerprint density at radius 1 is 1.14 bits per heavy atom. The molecule has 0 aliphatic carbocycles. The Hall–Kier alpha value is -4.41. The van der Waals surface area contributed by atoms with Gasteiger partial charge in [-0.3, -0.25) is 29.7 Å². The number of non-ortho nitro benzene ring substituents is 1. The van der Waals surface area contributed by atoms with Gasteiger partial charge in [-0.05, 0) is 38.5 Å². The topological polar surface area (TPSA) is 150 Å². The zero-order valence-electron chi connectivity index (χ0n) is 20.1. The Kier molecular flexibility index (Phi) is 8.61. The first kappa shape index (κ1) is 26.2. The number of aliphatic imine (C=N–C) groups is 1. The Bertz CT molecular complexity index is 1220. The molecule has 2 aromatic rings. The molecule has 1 aliphatic heterocycles. The summed E-state index contributed by atoms with van der Waals surface area (Å²) in [7, 11) is 0. The highest BCUT2D eigenvalue weighted by molar-refractivity contribution is 6.07. The van der Waals surface area contributed by atoms with E-state index in [1.165, 1.54) is 24.4 Å². The Morgan fingerprint density at radius 3 is 2.58 bits per heavy atom. The lowest BCUT2D eigenvalue weighted by molar-refractivity contribution is -0.384. The van der Waals surface area contributed by atoms with Crippen molar-refractivity contribution in [1.29, 1.82) is 0 Å². The average Bonchev–Trinajstić information content (AvgIpc) is 2.86. The normalized spacial score (nSPS) is 17.1. The van der Waals surface area contributed by atoms with Gasteiger partial charge in [-0.2, -0.15) is 0 Å². The molecule has 11 heteroatoms. The number of ether oxygens (including phenoxy) is 2. The molecular weight excluding hydrogens is 468 g/mol. The van der Waals surface area contributed by atoms with Gasteiger partial charge >= 0.3 is 11.9 Å². The number of carbonyl (C=O) groups is 3. The number of pyridine rings is 1. The van der Waals surface area contributed by atoms with Crippen LogP contribution < -0.4 is 5.32 Å². The molecule has 0 spiro atoms. The predicted molar refractivity (Wildman–Crippen MR) is 129 cm³/mol. The van der Waals surface area contributed by atoms with Gasteiger partial charge in [0.05, 0.1) is 29.2 Å². The van der Waals surface area contributed by atoms with Crippen molar-refractivity contribution in [3.05, 3.63) is 81.3 Å². The predicted octanol–water partition coefficient (Wildman–Crippen LogP) is 2.97. The molecule has 1 aromatic heterocycles. The van der Waals surface area contributed by atoms with Crippen molar-refractivity contribution in [3.63, 3.8) is 0 Å². The summed E-state index contributed by atoms with van der Waals surface area (Å²) in [5, 5.41) is 14.0. The van der Waals surface area contributed by atoms with E-state index in [2.05, 4.69) is 15.3 Å². The van der Waals surface area contributed by atoms with Gasteiger partial charge in [0.25, 0.3) is 11.6 Å². The molecular formula is C25H26N4O7. The lowest BCUT2D eigenvalue weighted by Crippen LogP contribution is -2.37. The zero-order valence-corrected chi connectivity index (χ0v) is 20.1. The molecule has 36 heavy (non-hydrogen) atoms. The van der Waals surface area contributed by atoms with Crippen LogP contribution in [-0.2, 0) is 19.1 Å². The quantitative estimate of drug-likeness (QED) is 0.242. The minimum atomic E-state index is -0.969. The lowest BCUT2D eigenvalue weighted by Gasteiger charge is -2.31. The molecule has 2 heterocycles. The first-order valence-corrected chi connectivity index (χ1v) is 11.3. The third-order valence-corrected chi connectivity index (χ3v) is 5.57. The van der Waals surface area contributed by atoms with Crippen LogP contribution in [0.3, 0.4) is 0 Å². The number of rotatable bonds is 9. The average molecular weight is 495 g/mol. The molecule has 1 N–H and O–H groups in total. The van der Waals surface area contributed by atoms with Crippen LogP contribution in [-0.4, -0.2) is 53.2 Å². The zero-order chi connectivity index (χ0) is 26.2. The summed E-state index contributed by atoms with van der Waals surface area (Å²) in [6.45, 7) is 4.92. The minimum Gasteiger partial charge on any atom is -0.465 e. The number of amides is 1. The fourth-order valence-corrected chi connectivity index (χ4v) is 4.02. The van der Waals surface area contributed by atoms with Gasteiger partial charge in [-0.25, -0.2) is 4.79 Å². The maximum Gasteiger partial charge on any atom is 0.336 e. The molecule has 11 nitrogen and oxygen atoms in total. The van der Waals surface area contributed by atoms with Crippen LogP contribution in [0.1, 0.15) is 42.6 Å². The van der Waals surface area contributed by atoms with Crippen molar-refractivity contribution in [1.82, 2.24) is 10.3 Å². The number of nitrogens with zero attached hydrogens (tertiary/aromatic N) is 3. The van der Waals surface area contributed by atoms with Gasteiger partial charge in [0.2, 0.25) is 0 Å². The molecule has 0 fully saturated rings. The number of hydrogen-bond acceptors (Lipinski definition) is 9. The van der Waals surface area contributed by atoms with Gasteiger partial charge in [0.1, 0.15) is 12.5 Å². The Labute approximate surface area is 207 Å². The fourth-order valence-electron chi connectivity index (χ4n) is 4.02. The summed E-state index contributed by atoms with van der Waals surface area (Å²) < 4.78 is 10.6. The Morgan fingerprint density at radius 2 is 1.92 bits per heavy atom. The van der Waals surface area contributed by atoms with Crippen LogP contribution in [0.15, 0.2) is 65.1 Å². The number of aromatic nitrogens is 1. The number of allylic oxidation sites excluding steroid dienone is 1. The molecule has 3 rings (SSSR count). The highest BCUT2D eigenvalue weighted by atomic mass is 16.6. The summed E-state index contributed by atoms with van der Waals surface area (Å²) in [5.41, 5.74) is 1.41. The summed E-state index contributed by atoms with van der Waals surface area (Å²) in [5.74, 6) is -3.59. The number of nitrogens with one attached hydrogen (secondary N) is 1. The molecule has 0 bridgehead atoms. The van der Waals surface area contributed by atoms with E-state index in [1.54, 1.807) is 45.2 Å². The fraction of sp³-hybridized carbons (Fsp3) is 0.320. The van der Waals surface area contributed by atoms with Crippen LogP contribution >= 0.6 is 0 Å². The van der Waals surface area contributed by atoms with Crippen LogP contribution in [0.2, 0.25) is 0 Å². The van der Waals surface area contributed by atoms with E-state index >= 15 is 0 Å². The van der Waals surface area contributed by atoms with E-state index in [0.29, 0.717) is 22.5 Å². The van der Waals surface area contributed by atoms with E-state index in [1.807, 2.05) is 0 Å². The van der Waals surface area contributed by atoms with Crippen molar-refractivity contribution < 1.29 is 28.8 Å². The minimum absolute atomic E-state index is 0.0386. The van der Waals surface area contributed by atoms with E-state index in [4.69, 9.17) is 9.47 Å². The van der Waals surface area contributed by atoms with Crippen molar-refractivity contribution >= 4 is 29.2 Å². The second kappa shape index (κ2) is 11.8. The SMILES string of the molecule is CCOC(=O)C1C(C)=NC(C)=C(C(=O)OCCNC(=O)c2cccnc2)C1c1cccc([N+](=O)[O-])c1. The molecule has 1 aromatic carbocycles. The smallest absolute Gasteiger partial charge is 0.336 e. The van der Waals surface area contributed by atoms with Crippen molar-refractivity contribution in [3.8, 4) is 0 Å². The summed E-state index contributed by atoms with van der Waals surface area (Å²) in [6.07, 6.45) is 2.96. The molecule has 1 amide bonds. The first-order chi connectivity index (χ1) is 17.2. The van der Waals surface area contributed by atoms with Crippen molar-refractivity contribution in [2.24, 2.45) is 10.9 Å². The maximum atomic E-state index is 13.2. The van der Waals surface area contributed by atoms with Crippen LogP contribution in [0.5, 0.6) is 0 Å². The van der Waals surface area contributed by atoms with Crippen molar-refractivity contribution in [2.45, 2.75) is 26.7 Å². The summed E-state index contributed by atoms with van der Waals surface area (Å²) in [6, 6.07) is 8.98. The number of carbonyl (C=O) groups excluding carboxylic acids is 3.